The molecule has 0 atom stereocenters. The van der Waals surface area contributed by atoms with Crippen LogP contribution in [0.5, 0.6) is 11.6 Å². The first kappa shape index (κ1) is 14.8. The van der Waals surface area contributed by atoms with Crippen molar-refractivity contribution >= 4 is 5.82 Å². The van der Waals surface area contributed by atoms with Crippen LogP contribution in [-0.2, 0) is 6.42 Å². The first-order chi connectivity index (χ1) is 10.1. The van der Waals surface area contributed by atoms with Crippen LogP contribution in [0.1, 0.15) is 31.2 Å². The van der Waals surface area contributed by atoms with Crippen molar-refractivity contribution in [3.8, 4) is 17.7 Å². The number of hydrogen-bond donors (Lipinski definition) is 2. The number of benzene rings is 1. The van der Waals surface area contributed by atoms with Gasteiger partial charge in [0.25, 0.3) is 0 Å². The van der Waals surface area contributed by atoms with Crippen molar-refractivity contribution in [1.29, 1.82) is 5.26 Å². The molecule has 0 fully saturated rings. The Morgan fingerprint density at radius 1 is 1.29 bits per heavy atom. The fourth-order valence-corrected chi connectivity index (χ4v) is 1.71. The maximum Gasteiger partial charge on any atom is 0.224 e. The molecule has 0 radical (unpaired) electrons. The van der Waals surface area contributed by atoms with Gasteiger partial charge >= 0.3 is 0 Å². The number of nitrogens with zero attached hydrogens (tertiary/aromatic N) is 3. The fraction of sp³-hybridized carbons (Fsp3) is 0.267. The van der Waals surface area contributed by atoms with Crippen LogP contribution in [0.25, 0.3) is 0 Å². The average Bonchev–Trinajstić information content (AvgIpc) is 2.49. The molecule has 0 bridgehead atoms. The Morgan fingerprint density at radius 3 is 2.57 bits per heavy atom. The van der Waals surface area contributed by atoms with Gasteiger partial charge in [-0.25, -0.2) is 10.8 Å². The lowest BCUT2D eigenvalue weighted by Crippen LogP contribution is -2.11. The molecule has 0 spiro atoms. The van der Waals surface area contributed by atoms with Gasteiger partial charge in [-0.3, -0.25) is 0 Å². The van der Waals surface area contributed by atoms with Gasteiger partial charge in [0.2, 0.25) is 5.88 Å². The lowest BCUT2D eigenvalue weighted by atomic mass is 10.2. The van der Waals surface area contributed by atoms with Crippen molar-refractivity contribution in [2.75, 3.05) is 5.43 Å². The van der Waals surface area contributed by atoms with Gasteiger partial charge in [0.15, 0.2) is 0 Å². The Kier molecular flexibility index (Phi) is 4.69. The van der Waals surface area contributed by atoms with Crippen molar-refractivity contribution in [2.45, 2.75) is 26.2 Å². The van der Waals surface area contributed by atoms with E-state index in [1.807, 2.05) is 26.0 Å². The minimum Gasteiger partial charge on any atom is -0.439 e. The second kappa shape index (κ2) is 6.68. The van der Waals surface area contributed by atoms with Gasteiger partial charge < -0.3 is 10.2 Å². The smallest absolute Gasteiger partial charge is 0.224 e. The molecule has 108 valence electrons. The zero-order valence-corrected chi connectivity index (χ0v) is 12.0. The number of nitrogen functional groups attached to an aromatic ring is 1. The maximum absolute atomic E-state index is 8.65. The zero-order valence-electron chi connectivity index (χ0n) is 12.0. The summed E-state index contributed by atoms with van der Waals surface area (Å²) < 4.78 is 5.72. The predicted molar refractivity (Wildman–Crippen MR) is 79.8 cm³/mol. The number of ether oxygens (including phenoxy) is 1. The Balaban J connectivity index is 2.22. The van der Waals surface area contributed by atoms with Crippen molar-refractivity contribution in [3.05, 3.63) is 41.7 Å². The molecule has 0 aliphatic carbocycles. The number of anilines is 1. The van der Waals surface area contributed by atoms with Gasteiger partial charge in [-0.2, -0.15) is 10.2 Å². The van der Waals surface area contributed by atoms with Gasteiger partial charge in [-0.15, -0.1) is 0 Å². The van der Waals surface area contributed by atoms with E-state index in [1.165, 1.54) is 0 Å². The monoisotopic (exact) mass is 283 g/mol. The van der Waals surface area contributed by atoms with E-state index in [9.17, 15) is 0 Å². The summed E-state index contributed by atoms with van der Waals surface area (Å²) in [7, 11) is 0. The maximum atomic E-state index is 8.65. The van der Waals surface area contributed by atoms with Gasteiger partial charge in [0.05, 0.1) is 12.5 Å². The SMILES string of the molecule is CC(C)c1nc(NN)cc(Oc2ccc(CC#N)cc2)n1. The predicted octanol–water partition coefficient (Wildman–Crippen LogP) is 2.74. The van der Waals surface area contributed by atoms with E-state index in [1.54, 1.807) is 18.2 Å². The molecule has 0 amide bonds. The minimum atomic E-state index is 0.165. The standard InChI is InChI=1S/C15H17N5O/c1-10(2)15-18-13(20-17)9-14(19-15)21-12-5-3-11(4-6-12)7-8-16/h3-6,9-10H,7,17H2,1-2H3,(H,18,19,20). The highest BCUT2D eigenvalue weighted by atomic mass is 16.5. The normalized spacial score (nSPS) is 10.2. The second-order valence-electron chi connectivity index (χ2n) is 4.83. The molecule has 3 N–H and O–H groups in total. The molecule has 6 heteroatoms. The topological polar surface area (TPSA) is 96.9 Å². The van der Waals surface area contributed by atoms with Gasteiger partial charge in [0, 0.05) is 12.0 Å². The highest BCUT2D eigenvalue weighted by molar-refractivity contribution is 5.39. The molecule has 1 aromatic carbocycles. The molecule has 2 aromatic rings. The molecule has 0 aliphatic rings. The zero-order chi connectivity index (χ0) is 15.2. The first-order valence-corrected chi connectivity index (χ1v) is 6.61. The third-order valence-corrected chi connectivity index (χ3v) is 2.81. The third-order valence-electron chi connectivity index (χ3n) is 2.81. The van der Waals surface area contributed by atoms with Gasteiger partial charge in [0.1, 0.15) is 17.4 Å². The molecule has 1 heterocycles. The summed E-state index contributed by atoms with van der Waals surface area (Å²) in [6.45, 7) is 3.99. The molecule has 1 aromatic heterocycles. The molecule has 0 saturated carbocycles. The van der Waals surface area contributed by atoms with E-state index in [-0.39, 0.29) is 5.92 Å². The quantitative estimate of drug-likeness (QED) is 0.647. The van der Waals surface area contributed by atoms with Crippen LogP contribution in [0.15, 0.2) is 30.3 Å². The van der Waals surface area contributed by atoms with E-state index >= 15 is 0 Å². The van der Waals surface area contributed by atoms with E-state index in [0.717, 1.165) is 5.56 Å². The average molecular weight is 283 g/mol. The lowest BCUT2D eigenvalue weighted by molar-refractivity contribution is 0.457. The number of hydrazine groups is 1. The molecule has 2 rings (SSSR count). The van der Waals surface area contributed by atoms with E-state index in [2.05, 4.69) is 21.5 Å². The van der Waals surface area contributed by atoms with Crippen molar-refractivity contribution in [3.63, 3.8) is 0 Å². The Labute approximate surface area is 123 Å². The Morgan fingerprint density at radius 2 is 2.00 bits per heavy atom. The van der Waals surface area contributed by atoms with Gasteiger partial charge in [-0.1, -0.05) is 26.0 Å². The number of nitrogens with one attached hydrogen (secondary N) is 1. The molecule has 0 saturated heterocycles. The van der Waals surface area contributed by atoms with Crippen LogP contribution in [0.4, 0.5) is 5.82 Å². The Bertz CT molecular complexity index is 646. The molecule has 0 aliphatic heterocycles. The number of hydrogen-bond acceptors (Lipinski definition) is 6. The number of aromatic nitrogens is 2. The van der Waals surface area contributed by atoms with Gasteiger partial charge in [-0.05, 0) is 17.7 Å². The first-order valence-electron chi connectivity index (χ1n) is 6.61. The van der Waals surface area contributed by atoms with Crippen LogP contribution < -0.4 is 16.0 Å². The van der Waals surface area contributed by atoms with E-state index in [4.69, 9.17) is 15.8 Å². The van der Waals surface area contributed by atoms with Crippen LogP contribution in [-0.4, -0.2) is 9.97 Å². The van der Waals surface area contributed by atoms with Crippen molar-refractivity contribution in [2.24, 2.45) is 5.84 Å². The number of nitriles is 1. The van der Waals surface area contributed by atoms with Crippen molar-refractivity contribution < 1.29 is 4.74 Å². The summed E-state index contributed by atoms with van der Waals surface area (Å²) >= 11 is 0. The van der Waals surface area contributed by atoms with Crippen LogP contribution in [0, 0.1) is 11.3 Å². The summed E-state index contributed by atoms with van der Waals surface area (Å²) in [4.78, 5) is 8.62. The molecule has 21 heavy (non-hydrogen) atoms. The van der Waals surface area contributed by atoms with Crippen molar-refractivity contribution in [1.82, 2.24) is 9.97 Å². The number of rotatable bonds is 5. The molecular formula is C15H17N5O. The van der Waals surface area contributed by atoms with Crippen LogP contribution in [0.3, 0.4) is 0 Å². The summed E-state index contributed by atoms with van der Waals surface area (Å²) in [6, 6.07) is 11.1. The highest BCUT2D eigenvalue weighted by Crippen LogP contribution is 2.23. The largest absolute Gasteiger partial charge is 0.439 e. The van der Waals surface area contributed by atoms with Crippen LogP contribution in [0.2, 0.25) is 0 Å². The fourth-order valence-electron chi connectivity index (χ4n) is 1.71. The summed E-state index contributed by atoms with van der Waals surface area (Å²) in [6.07, 6.45) is 0.381. The number of nitrogens with two attached hydrogens (primary N) is 1. The summed E-state index contributed by atoms with van der Waals surface area (Å²) in [5.41, 5.74) is 3.45. The summed E-state index contributed by atoms with van der Waals surface area (Å²) in [5.74, 6) is 7.80. The minimum absolute atomic E-state index is 0.165. The summed E-state index contributed by atoms with van der Waals surface area (Å²) in [5, 5.41) is 8.65. The molecule has 0 unspecified atom stereocenters. The molecular weight excluding hydrogens is 266 g/mol. The Hall–Kier alpha value is -2.65. The molecule has 6 nitrogen and oxygen atoms in total. The second-order valence-corrected chi connectivity index (χ2v) is 4.83. The highest BCUT2D eigenvalue weighted by Gasteiger charge is 2.09. The third kappa shape index (κ3) is 3.91. The van der Waals surface area contributed by atoms with E-state index < -0.39 is 0 Å². The van der Waals surface area contributed by atoms with E-state index in [0.29, 0.717) is 29.7 Å². The lowest BCUT2D eigenvalue weighted by Gasteiger charge is -2.10. The van der Waals surface area contributed by atoms with Crippen LogP contribution >= 0.6 is 0 Å².